The summed E-state index contributed by atoms with van der Waals surface area (Å²) >= 11 is 6.32. The first kappa shape index (κ1) is 21.0. The summed E-state index contributed by atoms with van der Waals surface area (Å²) in [4.78, 5) is 8.40. The smallest absolute Gasteiger partial charge is 0.222 e. The molecule has 6 N–H and O–H groups in total. The van der Waals surface area contributed by atoms with Crippen LogP contribution in [-0.4, -0.2) is 35.3 Å². The number of halogens is 1. The lowest BCUT2D eigenvalue weighted by Crippen LogP contribution is -2.37. The van der Waals surface area contributed by atoms with Gasteiger partial charge in [0.25, 0.3) is 0 Å². The van der Waals surface area contributed by atoms with Gasteiger partial charge in [-0.25, -0.2) is 9.29 Å². The van der Waals surface area contributed by atoms with Gasteiger partial charge in [-0.3, -0.25) is 14.2 Å². The van der Waals surface area contributed by atoms with Crippen LogP contribution in [0.4, 0.5) is 17.5 Å². The van der Waals surface area contributed by atoms with Gasteiger partial charge in [-0.05, 0) is 26.0 Å². The number of fused-ring (bicyclic) bond motifs is 1. The average molecular weight is 459 g/mol. The Balaban J connectivity index is 1.85. The second-order valence-corrected chi connectivity index (χ2v) is 9.08. The molecule has 160 valence electrons. The molecule has 0 bridgehead atoms. The first-order valence-electron chi connectivity index (χ1n) is 9.12. The third-order valence-corrected chi connectivity index (χ3v) is 7.16. The molecule has 10 nitrogen and oxygen atoms in total. The number of anilines is 3. The summed E-state index contributed by atoms with van der Waals surface area (Å²) in [5, 5.41) is 19.5. The summed E-state index contributed by atoms with van der Waals surface area (Å²) in [6, 6.07) is 6.65. The molecule has 0 amide bonds. The van der Waals surface area contributed by atoms with Gasteiger partial charge in [0.15, 0.2) is 0 Å². The fourth-order valence-electron chi connectivity index (χ4n) is 3.45. The van der Waals surface area contributed by atoms with E-state index < -0.39 is 16.8 Å². The van der Waals surface area contributed by atoms with Crippen molar-refractivity contribution in [2.45, 2.75) is 24.8 Å². The zero-order valence-corrected chi connectivity index (χ0v) is 18.1. The van der Waals surface area contributed by atoms with E-state index in [0.29, 0.717) is 22.6 Å². The maximum atomic E-state index is 11.3. The molecule has 1 atom stereocenters. The number of nitrogen functional groups attached to an aromatic ring is 1. The standard InChI is InChI=1S/C19H19ClN8O2S/c1-10-14(7-21)18(27-19(22)26-10)25-11(2)16-6-12-4-3-5-15(20)17(12)31(29,30)28(16)13-8-23-24-9-13/h3-6,8-9,11,29-30H,1-2H3,(H,23,24)(H3,22,25,26,27)/t11-/m0/s1. The van der Waals surface area contributed by atoms with Crippen LogP contribution in [0.5, 0.6) is 0 Å². The van der Waals surface area contributed by atoms with Gasteiger partial charge in [0.1, 0.15) is 28.0 Å². The molecule has 31 heavy (non-hydrogen) atoms. The summed E-state index contributed by atoms with van der Waals surface area (Å²) in [6.45, 7) is 3.47. The van der Waals surface area contributed by atoms with Gasteiger partial charge < -0.3 is 11.1 Å². The third-order valence-electron chi connectivity index (χ3n) is 4.80. The summed E-state index contributed by atoms with van der Waals surface area (Å²) < 4.78 is 24.0. The van der Waals surface area contributed by atoms with Crippen LogP contribution in [0.25, 0.3) is 6.08 Å². The number of H-pyrrole nitrogens is 1. The molecule has 3 aromatic rings. The van der Waals surface area contributed by atoms with Gasteiger partial charge >= 0.3 is 0 Å². The number of nitrogens with zero attached hydrogens (tertiary/aromatic N) is 5. The second kappa shape index (κ2) is 7.75. The molecule has 0 fully saturated rings. The van der Waals surface area contributed by atoms with E-state index in [1.165, 1.54) is 10.5 Å². The molecule has 0 saturated carbocycles. The molecule has 4 rings (SSSR count). The average Bonchev–Trinajstić information content (AvgIpc) is 3.20. The number of nitrogens with two attached hydrogens (primary N) is 1. The molecule has 2 aromatic heterocycles. The largest absolute Gasteiger partial charge is 0.368 e. The molecular formula is C19H19ClN8O2S. The number of aryl methyl sites for hydroxylation is 1. The molecule has 0 radical (unpaired) electrons. The summed E-state index contributed by atoms with van der Waals surface area (Å²) in [7, 11) is -3.54. The van der Waals surface area contributed by atoms with Crippen molar-refractivity contribution in [1.82, 2.24) is 20.2 Å². The van der Waals surface area contributed by atoms with Crippen molar-refractivity contribution < 1.29 is 9.11 Å². The second-order valence-electron chi connectivity index (χ2n) is 6.87. The van der Waals surface area contributed by atoms with E-state index in [1.807, 2.05) is 0 Å². The van der Waals surface area contributed by atoms with Crippen molar-refractivity contribution in [2.75, 3.05) is 15.4 Å². The Morgan fingerprint density at radius 1 is 1.35 bits per heavy atom. The molecule has 0 aliphatic carbocycles. The van der Waals surface area contributed by atoms with E-state index in [1.54, 1.807) is 44.3 Å². The number of benzene rings is 1. The van der Waals surface area contributed by atoms with E-state index in [0.717, 1.165) is 0 Å². The number of aromatic nitrogens is 4. The minimum Gasteiger partial charge on any atom is -0.368 e. The Labute approximate surface area is 184 Å². The molecule has 0 unspecified atom stereocenters. The number of rotatable bonds is 4. The lowest BCUT2D eigenvalue weighted by Gasteiger charge is -2.49. The van der Waals surface area contributed by atoms with Crippen molar-refractivity contribution in [1.29, 1.82) is 5.26 Å². The van der Waals surface area contributed by atoms with Crippen LogP contribution >= 0.6 is 22.4 Å². The molecular weight excluding hydrogens is 440 g/mol. The van der Waals surface area contributed by atoms with Crippen molar-refractivity contribution in [3.8, 4) is 6.07 Å². The van der Waals surface area contributed by atoms with Crippen LogP contribution in [0.15, 0.2) is 41.2 Å². The van der Waals surface area contributed by atoms with Crippen molar-refractivity contribution >= 4 is 45.9 Å². The maximum absolute atomic E-state index is 11.3. The molecule has 1 aliphatic rings. The highest BCUT2D eigenvalue weighted by Crippen LogP contribution is 2.61. The fraction of sp³-hybridized carbons (Fsp3) is 0.158. The normalized spacial score (nSPS) is 16.6. The third kappa shape index (κ3) is 3.55. The highest BCUT2D eigenvalue weighted by Gasteiger charge is 2.38. The van der Waals surface area contributed by atoms with Gasteiger partial charge in [-0.1, -0.05) is 34.5 Å². The van der Waals surface area contributed by atoms with Gasteiger partial charge in [-0.15, -0.1) is 0 Å². The highest BCUT2D eigenvalue weighted by atomic mass is 35.5. The lowest BCUT2D eigenvalue weighted by molar-refractivity contribution is 0.483. The highest BCUT2D eigenvalue weighted by molar-refractivity contribution is 8.25. The fourth-order valence-corrected chi connectivity index (χ4v) is 5.79. The van der Waals surface area contributed by atoms with Crippen molar-refractivity contribution in [2.24, 2.45) is 0 Å². The number of hydrogen-bond donors (Lipinski definition) is 5. The van der Waals surface area contributed by atoms with Crippen LogP contribution in [0.3, 0.4) is 0 Å². The monoisotopic (exact) mass is 458 g/mol. The predicted octanol–water partition coefficient (Wildman–Crippen LogP) is 4.00. The van der Waals surface area contributed by atoms with Crippen molar-refractivity contribution in [3.63, 3.8) is 0 Å². The van der Waals surface area contributed by atoms with E-state index in [-0.39, 0.29) is 27.2 Å². The molecule has 1 aliphatic heterocycles. The minimum absolute atomic E-state index is 0.0249. The van der Waals surface area contributed by atoms with Gasteiger partial charge in [-0.2, -0.15) is 15.3 Å². The first-order chi connectivity index (χ1) is 14.7. The van der Waals surface area contributed by atoms with E-state index in [4.69, 9.17) is 17.3 Å². The number of hydrogen-bond acceptors (Lipinski definition) is 9. The van der Waals surface area contributed by atoms with E-state index in [9.17, 15) is 14.4 Å². The summed E-state index contributed by atoms with van der Waals surface area (Å²) in [6.07, 6.45) is 4.82. The Hall–Kier alpha value is -3.30. The Morgan fingerprint density at radius 2 is 2.13 bits per heavy atom. The quantitative estimate of drug-likeness (QED) is 0.389. The molecule has 0 spiro atoms. The minimum atomic E-state index is -3.54. The van der Waals surface area contributed by atoms with Crippen LogP contribution in [-0.2, 0) is 0 Å². The van der Waals surface area contributed by atoms with E-state index >= 15 is 0 Å². The Kier molecular flexibility index (Phi) is 5.24. The van der Waals surface area contributed by atoms with Gasteiger partial charge in [0.2, 0.25) is 5.95 Å². The van der Waals surface area contributed by atoms with Gasteiger partial charge in [0.05, 0.1) is 28.7 Å². The molecule has 3 heterocycles. The SMILES string of the molecule is Cc1nc(N)nc(N[C@@H](C)C2=Cc3cccc(Cl)c3S(O)(O)N2c2cn[nH]c2)c1C#N. The number of nitrogens with one attached hydrogen (secondary N) is 2. The van der Waals surface area contributed by atoms with Crippen LogP contribution in [0.2, 0.25) is 5.02 Å². The predicted molar refractivity (Wildman–Crippen MR) is 121 cm³/mol. The molecule has 0 saturated heterocycles. The van der Waals surface area contributed by atoms with E-state index in [2.05, 4.69) is 31.6 Å². The topological polar surface area (TPSA) is 160 Å². The van der Waals surface area contributed by atoms with Gasteiger partial charge in [0, 0.05) is 11.8 Å². The van der Waals surface area contributed by atoms with Crippen LogP contribution in [0, 0.1) is 18.3 Å². The molecule has 1 aromatic carbocycles. The number of aromatic amines is 1. The Morgan fingerprint density at radius 3 is 2.81 bits per heavy atom. The Bertz CT molecular complexity index is 1220. The van der Waals surface area contributed by atoms with Crippen molar-refractivity contribution in [3.05, 3.63) is 58.1 Å². The van der Waals surface area contributed by atoms with Crippen LogP contribution < -0.4 is 15.4 Å². The zero-order chi connectivity index (χ0) is 22.3. The summed E-state index contributed by atoms with van der Waals surface area (Å²) in [5.41, 5.74) is 7.98. The number of nitriles is 1. The maximum Gasteiger partial charge on any atom is 0.222 e. The zero-order valence-electron chi connectivity index (χ0n) is 16.5. The first-order valence-corrected chi connectivity index (χ1v) is 11.0. The summed E-state index contributed by atoms with van der Waals surface area (Å²) in [5.74, 6) is 0.276. The lowest BCUT2D eigenvalue weighted by atomic mass is 10.1. The molecule has 12 heteroatoms. The van der Waals surface area contributed by atoms with Crippen LogP contribution in [0.1, 0.15) is 23.7 Å².